The van der Waals surface area contributed by atoms with E-state index in [0.717, 1.165) is 36.6 Å². The number of nitrogens with zero attached hydrogens (tertiary/aromatic N) is 2. The average molecular weight is 383 g/mol. The molecule has 0 spiro atoms. The summed E-state index contributed by atoms with van der Waals surface area (Å²) in [7, 11) is 0. The number of rotatable bonds is 9. The third-order valence-corrected chi connectivity index (χ3v) is 5.58. The van der Waals surface area contributed by atoms with Gasteiger partial charge in [-0.1, -0.05) is 33.1 Å². The molecule has 1 saturated carbocycles. The molecule has 1 fully saturated rings. The maximum atomic E-state index is 12.4. The van der Waals surface area contributed by atoms with Crippen molar-refractivity contribution in [3.05, 3.63) is 36.3 Å². The van der Waals surface area contributed by atoms with Crippen molar-refractivity contribution >= 4 is 22.7 Å². The maximum Gasteiger partial charge on any atom is 0.270 e. The highest BCUT2D eigenvalue weighted by atomic mass is 16.2. The summed E-state index contributed by atoms with van der Waals surface area (Å²) in [5.41, 5.74) is 1.17. The van der Waals surface area contributed by atoms with Gasteiger partial charge in [0.05, 0.1) is 5.52 Å². The molecule has 6 heteroatoms. The van der Waals surface area contributed by atoms with Crippen LogP contribution in [0.3, 0.4) is 0 Å². The number of hydrogen-bond donors (Lipinski definition) is 2. The predicted octanol–water partition coefficient (Wildman–Crippen LogP) is 3.61. The molecule has 150 valence electrons. The van der Waals surface area contributed by atoms with Crippen LogP contribution < -0.4 is 10.6 Å². The molecule has 0 aliphatic heterocycles. The van der Waals surface area contributed by atoms with E-state index in [1.165, 1.54) is 12.8 Å². The predicted molar refractivity (Wildman–Crippen MR) is 110 cm³/mol. The molecular formula is C22H30N4O2. The number of nitrogens with one attached hydrogen (secondary N) is 2. The van der Waals surface area contributed by atoms with Gasteiger partial charge < -0.3 is 10.6 Å². The van der Waals surface area contributed by atoms with Crippen molar-refractivity contribution in [3.63, 3.8) is 0 Å². The Labute approximate surface area is 166 Å². The van der Waals surface area contributed by atoms with E-state index in [9.17, 15) is 9.59 Å². The van der Waals surface area contributed by atoms with Gasteiger partial charge in [-0.2, -0.15) is 0 Å². The van der Waals surface area contributed by atoms with Crippen molar-refractivity contribution in [1.29, 1.82) is 0 Å². The molecule has 0 aromatic carbocycles. The summed E-state index contributed by atoms with van der Waals surface area (Å²) in [6.07, 6.45) is 10.1. The molecule has 0 bridgehead atoms. The second kappa shape index (κ2) is 9.62. The minimum absolute atomic E-state index is 0.0924. The zero-order valence-corrected chi connectivity index (χ0v) is 16.8. The maximum absolute atomic E-state index is 12.4. The first-order valence-corrected chi connectivity index (χ1v) is 10.4. The molecule has 28 heavy (non-hydrogen) atoms. The quantitative estimate of drug-likeness (QED) is 0.694. The Bertz CT molecular complexity index is 817. The van der Waals surface area contributed by atoms with E-state index in [4.69, 9.17) is 0 Å². The van der Waals surface area contributed by atoms with Gasteiger partial charge in [-0.3, -0.25) is 14.6 Å². The van der Waals surface area contributed by atoms with Crippen molar-refractivity contribution in [3.8, 4) is 0 Å². The van der Waals surface area contributed by atoms with Gasteiger partial charge in [-0.05, 0) is 43.4 Å². The van der Waals surface area contributed by atoms with Gasteiger partial charge in [-0.15, -0.1) is 0 Å². The second-order valence-electron chi connectivity index (χ2n) is 7.79. The van der Waals surface area contributed by atoms with Crippen LogP contribution >= 0.6 is 0 Å². The van der Waals surface area contributed by atoms with Gasteiger partial charge in [0.2, 0.25) is 5.91 Å². The molecule has 2 heterocycles. The number of carbonyl (C=O) groups is 2. The molecule has 1 aliphatic carbocycles. The Morgan fingerprint density at radius 2 is 1.93 bits per heavy atom. The van der Waals surface area contributed by atoms with Gasteiger partial charge in [0, 0.05) is 36.3 Å². The van der Waals surface area contributed by atoms with Crippen LogP contribution in [0.5, 0.6) is 0 Å². The molecule has 1 aliphatic rings. The van der Waals surface area contributed by atoms with Crippen LogP contribution in [0.25, 0.3) is 10.9 Å². The monoisotopic (exact) mass is 382 g/mol. The topological polar surface area (TPSA) is 84.0 Å². The van der Waals surface area contributed by atoms with Crippen LogP contribution in [0.2, 0.25) is 0 Å². The first-order valence-electron chi connectivity index (χ1n) is 10.4. The lowest BCUT2D eigenvalue weighted by atomic mass is 9.86. The van der Waals surface area contributed by atoms with E-state index in [-0.39, 0.29) is 23.9 Å². The molecule has 2 N–H and O–H groups in total. The number of aromatic nitrogens is 2. The average Bonchev–Trinajstić information content (AvgIpc) is 2.68. The van der Waals surface area contributed by atoms with E-state index < -0.39 is 0 Å². The number of pyridine rings is 2. The SMILES string of the molecule is CCCCC(CC)CC(=O)NC1CC(NC(=O)c2ccc3cnccc3n2)C1. The summed E-state index contributed by atoms with van der Waals surface area (Å²) >= 11 is 0. The summed E-state index contributed by atoms with van der Waals surface area (Å²) in [4.78, 5) is 33.1. The zero-order chi connectivity index (χ0) is 19.9. The fraction of sp³-hybridized carbons (Fsp3) is 0.545. The van der Waals surface area contributed by atoms with Crippen molar-refractivity contribution < 1.29 is 9.59 Å². The van der Waals surface area contributed by atoms with E-state index >= 15 is 0 Å². The Hall–Kier alpha value is -2.50. The summed E-state index contributed by atoms with van der Waals surface area (Å²) in [5, 5.41) is 7.04. The minimum atomic E-state index is -0.167. The van der Waals surface area contributed by atoms with Crippen LogP contribution in [-0.4, -0.2) is 33.9 Å². The largest absolute Gasteiger partial charge is 0.353 e. The Kier molecular flexibility index (Phi) is 6.95. The molecule has 0 saturated heterocycles. The van der Waals surface area contributed by atoms with Crippen molar-refractivity contribution in [1.82, 2.24) is 20.6 Å². The third-order valence-electron chi connectivity index (χ3n) is 5.58. The molecule has 2 aromatic rings. The first-order chi connectivity index (χ1) is 13.6. The van der Waals surface area contributed by atoms with Gasteiger partial charge in [-0.25, -0.2) is 4.98 Å². The Morgan fingerprint density at radius 3 is 2.68 bits per heavy atom. The lowest BCUT2D eigenvalue weighted by Gasteiger charge is -2.36. The standard InChI is InChI=1S/C22H30N4O2/c1-3-5-6-15(4-2)11-21(27)24-17-12-18(13-17)25-22(28)20-8-7-16-14-23-10-9-19(16)26-20/h7-10,14-15,17-18H,3-6,11-13H2,1-2H3,(H,24,27)(H,25,28). The molecular weight excluding hydrogens is 352 g/mol. The summed E-state index contributed by atoms with van der Waals surface area (Å²) in [5.74, 6) is 0.450. The first kappa shape index (κ1) is 20.2. The highest BCUT2D eigenvalue weighted by Gasteiger charge is 2.32. The molecule has 0 radical (unpaired) electrons. The summed E-state index contributed by atoms with van der Waals surface area (Å²) < 4.78 is 0. The highest BCUT2D eigenvalue weighted by Crippen LogP contribution is 2.22. The van der Waals surface area contributed by atoms with Crippen LogP contribution in [0, 0.1) is 5.92 Å². The number of carbonyl (C=O) groups excluding carboxylic acids is 2. The van der Waals surface area contributed by atoms with Crippen molar-refractivity contribution in [2.45, 2.75) is 70.9 Å². The molecule has 2 amide bonds. The summed E-state index contributed by atoms with van der Waals surface area (Å²) in [6, 6.07) is 5.63. The van der Waals surface area contributed by atoms with Crippen LogP contribution in [-0.2, 0) is 4.79 Å². The smallest absolute Gasteiger partial charge is 0.270 e. The molecule has 1 unspecified atom stereocenters. The molecule has 2 aromatic heterocycles. The van der Waals surface area contributed by atoms with Gasteiger partial charge >= 0.3 is 0 Å². The van der Waals surface area contributed by atoms with Gasteiger partial charge in [0.15, 0.2) is 0 Å². The zero-order valence-electron chi connectivity index (χ0n) is 16.8. The van der Waals surface area contributed by atoms with E-state index in [2.05, 4.69) is 34.4 Å². The van der Waals surface area contributed by atoms with E-state index in [1.807, 2.05) is 6.07 Å². The summed E-state index contributed by atoms with van der Waals surface area (Å²) in [6.45, 7) is 4.33. The normalized spacial score (nSPS) is 19.6. The Balaban J connectivity index is 1.42. The lowest BCUT2D eigenvalue weighted by Crippen LogP contribution is -2.54. The molecule has 1 atom stereocenters. The van der Waals surface area contributed by atoms with Crippen molar-refractivity contribution in [2.75, 3.05) is 0 Å². The van der Waals surface area contributed by atoms with Crippen LogP contribution in [0.1, 0.15) is 69.3 Å². The lowest BCUT2D eigenvalue weighted by molar-refractivity contribution is -0.123. The number of fused-ring (bicyclic) bond motifs is 1. The second-order valence-corrected chi connectivity index (χ2v) is 7.79. The Morgan fingerprint density at radius 1 is 1.14 bits per heavy atom. The fourth-order valence-corrected chi connectivity index (χ4v) is 3.70. The number of amides is 2. The highest BCUT2D eigenvalue weighted by molar-refractivity contribution is 5.95. The molecule has 6 nitrogen and oxygen atoms in total. The van der Waals surface area contributed by atoms with Crippen molar-refractivity contribution in [2.24, 2.45) is 5.92 Å². The van der Waals surface area contributed by atoms with Crippen LogP contribution in [0.4, 0.5) is 0 Å². The third kappa shape index (κ3) is 5.27. The fourth-order valence-electron chi connectivity index (χ4n) is 3.70. The van der Waals surface area contributed by atoms with E-state index in [0.29, 0.717) is 18.0 Å². The van der Waals surface area contributed by atoms with E-state index in [1.54, 1.807) is 24.5 Å². The van der Waals surface area contributed by atoms with Crippen LogP contribution in [0.15, 0.2) is 30.6 Å². The number of unbranched alkanes of at least 4 members (excludes halogenated alkanes) is 1. The molecule has 3 rings (SSSR count). The minimum Gasteiger partial charge on any atom is -0.353 e. The van der Waals surface area contributed by atoms with Gasteiger partial charge in [0.1, 0.15) is 5.69 Å². The van der Waals surface area contributed by atoms with Gasteiger partial charge in [0.25, 0.3) is 5.91 Å². The number of hydrogen-bond acceptors (Lipinski definition) is 4.